The predicted molar refractivity (Wildman–Crippen MR) is 123 cm³/mol. The molecular weight excluding hydrogens is 406 g/mol. The van der Waals surface area contributed by atoms with Crippen LogP contribution in [0.3, 0.4) is 0 Å². The number of anilines is 2. The van der Waals surface area contributed by atoms with Crippen molar-refractivity contribution in [3.63, 3.8) is 0 Å². The van der Waals surface area contributed by atoms with Crippen LogP contribution in [0, 0.1) is 10.1 Å². The summed E-state index contributed by atoms with van der Waals surface area (Å²) in [7, 11) is 0. The highest BCUT2D eigenvalue weighted by Gasteiger charge is 2.30. The number of rotatable bonds is 5. The van der Waals surface area contributed by atoms with Crippen molar-refractivity contribution in [1.29, 1.82) is 0 Å². The molecule has 0 saturated heterocycles. The van der Waals surface area contributed by atoms with E-state index in [1.807, 2.05) is 54.6 Å². The highest BCUT2D eigenvalue weighted by Crippen LogP contribution is 2.39. The van der Waals surface area contributed by atoms with Crippen LogP contribution in [0.4, 0.5) is 17.1 Å². The number of fused-ring (bicyclic) bond motifs is 1. The van der Waals surface area contributed by atoms with Crippen LogP contribution in [0.2, 0.25) is 0 Å². The molecule has 0 saturated carbocycles. The molecule has 0 radical (unpaired) electrons. The average molecular weight is 423 g/mol. The number of hydrogen-bond acceptors (Lipinski definition) is 5. The van der Waals surface area contributed by atoms with Gasteiger partial charge in [0, 0.05) is 47.0 Å². The average Bonchev–Trinajstić information content (AvgIpc) is 3.45. The van der Waals surface area contributed by atoms with Crippen molar-refractivity contribution < 1.29 is 9.72 Å². The minimum absolute atomic E-state index is 0.0787. The van der Waals surface area contributed by atoms with Gasteiger partial charge in [0.25, 0.3) is 11.6 Å². The van der Waals surface area contributed by atoms with Crippen molar-refractivity contribution in [2.75, 3.05) is 10.6 Å². The molecule has 1 aromatic heterocycles. The number of amides is 1. The van der Waals surface area contributed by atoms with Gasteiger partial charge in [-0.05, 0) is 23.8 Å². The minimum atomic E-state index is -0.469. The number of nitro groups is 1. The molecule has 0 fully saturated rings. The molecule has 8 heteroatoms. The lowest BCUT2D eigenvalue weighted by Crippen LogP contribution is -2.10. The predicted octanol–water partition coefficient (Wildman–Crippen LogP) is 4.92. The number of non-ortho nitro benzene ring substituents is 1. The lowest BCUT2D eigenvalue weighted by molar-refractivity contribution is -0.384. The van der Waals surface area contributed by atoms with E-state index in [9.17, 15) is 14.9 Å². The second kappa shape index (κ2) is 7.84. The number of carbonyl (C=O) groups excluding carboxylic acids is 1. The molecule has 0 bridgehead atoms. The summed E-state index contributed by atoms with van der Waals surface area (Å²) in [6, 6.07) is 21.4. The van der Waals surface area contributed by atoms with Gasteiger partial charge < -0.3 is 15.6 Å². The van der Waals surface area contributed by atoms with Gasteiger partial charge in [0.15, 0.2) is 0 Å². The molecule has 0 unspecified atom stereocenters. The summed E-state index contributed by atoms with van der Waals surface area (Å²) in [5, 5.41) is 17.5. The summed E-state index contributed by atoms with van der Waals surface area (Å²) in [4.78, 5) is 31.2. The van der Waals surface area contributed by atoms with Gasteiger partial charge in [-0.2, -0.15) is 0 Å². The fourth-order valence-electron chi connectivity index (χ4n) is 3.71. The molecule has 2 heterocycles. The topological polar surface area (TPSA) is 113 Å². The molecule has 5 rings (SSSR count). The van der Waals surface area contributed by atoms with Crippen molar-refractivity contribution in [2.45, 2.75) is 0 Å². The number of imidazole rings is 1. The number of nitro benzene ring substituents is 1. The van der Waals surface area contributed by atoms with E-state index >= 15 is 0 Å². The van der Waals surface area contributed by atoms with Gasteiger partial charge >= 0.3 is 0 Å². The first kappa shape index (κ1) is 19.3. The Balaban J connectivity index is 1.66. The maximum atomic E-state index is 13.0. The van der Waals surface area contributed by atoms with Gasteiger partial charge in [0.2, 0.25) is 0 Å². The Labute approximate surface area is 182 Å². The van der Waals surface area contributed by atoms with Crippen LogP contribution in [0.5, 0.6) is 0 Å². The summed E-state index contributed by atoms with van der Waals surface area (Å²) in [6.45, 7) is 0. The van der Waals surface area contributed by atoms with Crippen molar-refractivity contribution >= 4 is 34.2 Å². The van der Waals surface area contributed by atoms with E-state index in [4.69, 9.17) is 0 Å². The number of H-pyrrole nitrogens is 1. The zero-order valence-corrected chi connectivity index (χ0v) is 16.7. The normalized spacial score (nSPS) is 13.9. The van der Waals surface area contributed by atoms with E-state index in [-0.39, 0.29) is 11.6 Å². The molecule has 156 valence electrons. The highest BCUT2D eigenvalue weighted by atomic mass is 16.6. The maximum absolute atomic E-state index is 13.0. The van der Waals surface area contributed by atoms with Crippen LogP contribution in [-0.4, -0.2) is 20.8 Å². The van der Waals surface area contributed by atoms with E-state index in [0.717, 1.165) is 22.6 Å². The molecule has 3 aromatic carbocycles. The summed E-state index contributed by atoms with van der Waals surface area (Å²) >= 11 is 0. The first-order valence-corrected chi connectivity index (χ1v) is 9.87. The fraction of sp³-hybridized carbons (Fsp3) is 0. The Bertz CT molecular complexity index is 1360. The van der Waals surface area contributed by atoms with Crippen molar-refractivity contribution in [1.82, 2.24) is 9.97 Å². The number of nitrogens with one attached hydrogen (secondary N) is 3. The molecule has 1 aliphatic heterocycles. The molecule has 4 aromatic rings. The van der Waals surface area contributed by atoms with E-state index in [0.29, 0.717) is 22.5 Å². The second-order valence-corrected chi connectivity index (χ2v) is 7.20. The van der Waals surface area contributed by atoms with Gasteiger partial charge in [-0.15, -0.1) is 0 Å². The van der Waals surface area contributed by atoms with Crippen LogP contribution < -0.4 is 10.6 Å². The van der Waals surface area contributed by atoms with Gasteiger partial charge in [0.05, 0.1) is 16.2 Å². The fourth-order valence-corrected chi connectivity index (χ4v) is 3.71. The number of nitrogens with zero attached hydrogens (tertiary/aromatic N) is 2. The van der Waals surface area contributed by atoms with Crippen molar-refractivity contribution in [3.05, 3.63) is 106 Å². The zero-order valence-electron chi connectivity index (χ0n) is 16.7. The van der Waals surface area contributed by atoms with Gasteiger partial charge in [0.1, 0.15) is 5.82 Å². The van der Waals surface area contributed by atoms with Gasteiger partial charge in [-0.1, -0.05) is 42.5 Å². The Morgan fingerprint density at radius 1 is 1.00 bits per heavy atom. The third-order valence-corrected chi connectivity index (χ3v) is 5.17. The monoisotopic (exact) mass is 423 g/mol. The van der Waals surface area contributed by atoms with E-state index in [2.05, 4.69) is 20.6 Å². The molecule has 1 amide bonds. The minimum Gasteiger partial charge on any atom is -0.354 e. The third-order valence-electron chi connectivity index (χ3n) is 5.17. The van der Waals surface area contributed by atoms with E-state index < -0.39 is 4.92 Å². The van der Waals surface area contributed by atoms with Crippen molar-refractivity contribution in [2.24, 2.45) is 0 Å². The number of aromatic nitrogens is 2. The largest absolute Gasteiger partial charge is 0.354 e. The first-order chi connectivity index (χ1) is 15.6. The zero-order chi connectivity index (χ0) is 22.1. The molecular formula is C24H17N5O3. The SMILES string of the molecule is O=C1Nc2ccc([N+](=O)[O-])cc2/C1=C(/Nc1cccc(-c2ncc[nH]2)c1)c1ccccc1. The smallest absolute Gasteiger partial charge is 0.270 e. The maximum Gasteiger partial charge on any atom is 0.270 e. The Kier molecular flexibility index (Phi) is 4.72. The van der Waals surface area contributed by atoms with Gasteiger partial charge in [-0.25, -0.2) is 4.98 Å². The molecule has 3 N–H and O–H groups in total. The van der Waals surface area contributed by atoms with Crippen LogP contribution >= 0.6 is 0 Å². The van der Waals surface area contributed by atoms with Crippen molar-refractivity contribution in [3.8, 4) is 11.4 Å². The summed E-state index contributed by atoms with van der Waals surface area (Å²) in [6.07, 6.45) is 3.43. The van der Waals surface area contributed by atoms with Crippen LogP contribution in [0.1, 0.15) is 11.1 Å². The first-order valence-electron chi connectivity index (χ1n) is 9.87. The molecule has 1 aliphatic rings. The Hall–Kier alpha value is -4.72. The Morgan fingerprint density at radius 2 is 1.84 bits per heavy atom. The third kappa shape index (κ3) is 3.50. The summed E-state index contributed by atoms with van der Waals surface area (Å²) in [5.74, 6) is 0.399. The quantitative estimate of drug-likeness (QED) is 0.240. The molecule has 32 heavy (non-hydrogen) atoms. The second-order valence-electron chi connectivity index (χ2n) is 7.20. The Morgan fingerprint density at radius 3 is 2.59 bits per heavy atom. The van der Waals surface area contributed by atoms with Crippen LogP contribution in [-0.2, 0) is 4.79 Å². The van der Waals surface area contributed by atoms with Crippen LogP contribution in [0.15, 0.2) is 85.2 Å². The lowest BCUT2D eigenvalue weighted by Gasteiger charge is -2.15. The molecule has 0 spiro atoms. The standard InChI is InChI=1S/C24H17N5O3/c30-24-21(19-14-18(29(31)32)9-10-20(19)28-24)22(15-5-2-1-3-6-15)27-17-8-4-7-16(13-17)23-25-11-12-26-23/h1-14,27H,(H,25,26)(H,28,30)/b22-21-. The molecule has 8 nitrogen and oxygen atoms in total. The summed E-state index contributed by atoms with van der Waals surface area (Å²) in [5.41, 5.74) is 4.25. The molecule has 0 aliphatic carbocycles. The summed E-state index contributed by atoms with van der Waals surface area (Å²) < 4.78 is 0. The van der Waals surface area contributed by atoms with Crippen LogP contribution in [0.25, 0.3) is 22.7 Å². The number of carbonyl (C=O) groups is 1. The lowest BCUT2D eigenvalue weighted by atomic mass is 9.99. The highest BCUT2D eigenvalue weighted by molar-refractivity contribution is 6.37. The van der Waals surface area contributed by atoms with E-state index in [1.54, 1.807) is 18.5 Å². The number of aromatic amines is 1. The van der Waals surface area contributed by atoms with Gasteiger partial charge in [-0.3, -0.25) is 14.9 Å². The number of benzene rings is 3. The van der Waals surface area contributed by atoms with E-state index in [1.165, 1.54) is 12.1 Å². The number of hydrogen-bond donors (Lipinski definition) is 3. The molecule has 0 atom stereocenters.